The summed E-state index contributed by atoms with van der Waals surface area (Å²) in [5.74, 6) is 0.0598. The Morgan fingerprint density at radius 3 is 2.73 bits per heavy atom. The largest absolute Gasteiger partial charge is 0.385 e. The first kappa shape index (κ1) is 12.0. The average Bonchev–Trinajstić information content (AvgIpc) is 2.21. The van der Waals surface area contributed by atoms with E-state index in [0.717, 1.165) is 5.56 Å². The van der Waals surface area contributed by atoms with Crippen molar-refractivity contribution in [2.75, 3.05) is 0 Å². The number of ether oxygens (including phenoxy) is 1. The van der Waals surface area contributed by atoms with Gasteiger partial charge in [0.15, 0.2) is 0 Å². The molecule has 0 radical (unpaired) electrons. The Kier molecular flexibility index (Phi) is 4.59. The van der Waals surface area contributed by atoms with Crippen LogP contribution in [-0.2, 0) is 11.3 Å². The number of nitrogens with two attached hydrogens (primary N) is 1. The van der Waals surface area contributed by atoms with Crippen molar-refractivity contribution in [2.45, 2.75) is 26.1 Å². The van der Waals surface area contributed by atoms with E-state index in [1.807, 2.05) is 31.2 Å². The van der Waals surface area contributed by atoms with E-state index in [4.69, 9.17) is 27.5 Å². The number of hydrogen-bond acceptors (Lipinski definition) is 2. The third-order valence-electron chi connectivity index (χ3n) is 2.12. The standard InChI is InChI=1S/C11H15ClN2O/c1-2-10(11(13)14)15-7-8-5-3-4-6-9(8)12/h3-6,10H,2,7H2,1H3,(H3,13,14). The number of amidine groups is 1. The molecule has 15 heavy (non-hydrogen) atoms. The van der Waals surface area contributed by atoms with Crippen LogP contribution in [0.4, 0.5) is 0 Å². The van der Waals surface area contributed by atoms with Gasteiger partial charge >= 0.3 is 0 Å². The monoisotopic (exact) mass is 226 g/mol. The minimum atomic E-state index is -0.318. The Hall–Kier alpha value is -1.06. The third-order valence-corrected chi connectivity index (χ3v) is 2.48. The Balaban J connectivity index is 2.56. The Bertz CT molecular complexity index is 341. The highest BCUT2D eigenvalue weighted by atomic mass is 35.5. The molecule has 0 amide bonds. The molecule has 0 heterocycles. The van der Waals surface area contributed by atoms with E-state index in [2.05, 4.69) is 0 Å². The molecule has 4 heteroatoms. The van der Waals surface area contributed by atoms with Crippen LogP contribution in [0, 0.1) is 5.41 Å². The number of benzene rings is 1. The molecule has 1 unspecified atom stereocenters. The molecule has 3 N–H and O–H groups in total. The van der Waals surface area contributed by atoms with Crippen molar-refractivity contribution in [1.82, 2.24) is 0 Å². The zero-order chi connectivity index (χ0) is 11.3. The van der Waals surface area contributed by atoms with Crippen LogP contribution in [0.5, 0.6) is 0 Å². The molecule has 0 aliphatic carbocycles. The summed E-state index contributed by atoms with van der Waals surface area (Å²) in [7, 11) is 0. The van der Waals surface area contributed by atoms with Crippen LogP contribution in [0.15, 0.2) is 24.3 Å². The molecule has 0 saturated heterocycles. The Morgan fingerprint density at radius 1 is 1.53 bits per heavy atom. The first-order chi connectivity index (χ1) is 7.15. The second-order valence-corrected chi connectivity index (χ2v) is 3.66. The first-order valence-corrected chi connectivity index (χ1v) is 5.21. The number of nitrogens with one attached hydrogen (secondary N) is 1. The van der Waals surface area contributed by atoms with Gasteiger partial charge in [-0.2, -0.15) is 0 Å². The molecular formula is C11H15ClN2O. The Labute approximate surface area is 94.7 Å². The minimum absolute atomic E-state index is 0.0598. The summed E-state index contributed by atoms with van der Waals surface area (Å²) in [5, 5.41) is 7.97. The average molecular weight is 227 g/mol. The summed E-state index contributed by atoms with van der Waals surface area (Å²) in [5.41, 5.74) is 6.29. The van der Waals surface area contributed by atoms with Crippen LogP contribution in [0.25, 0.3) is 0 Å². The van der Waals surface area contributed by atoms with Gasteiger partial charge in [-0.15, -0.1) is 0 Å². The SMILES string of the molecule is CCC(OCc1ccccc1Cl)C(=N)N. The van der Waals surface area contributed by atoms with E-state index in [-0.39, 0.29) is 11.9 Å². The van der Waals surface area contributed by atoms with Gasteiger partial charge in [0, 0.05) is 5.02 Å². The highest BCUT2D eigenvalue weighted by molar-refractivity contribution is 6.31. The van der Waals surface area contributed by atoms with Crippen LogP contribution < -0.4 is 5.73 Å². The van der Waals surface area contributed by atoms with Crippen LogP contribution in [-0.4, -0.2) is 11.9 Å². The van der Waals surface area contributed by atoms with E-state index in [0.29, 0.717) is 18.1 Å². The number of halogens is 1. The maximum Gasteiger partial charge on any atom is 0.120 e. The lowest BCUT2D eigenvalue weighted by molar-refractivity contribution is 0.0809. The summed E-state index contributed by atoms with van der Waals surface area (Å²) in [6.45, 7) is 2.32. The fraction of sp³-hybridized carbons (Fsp3) is 0.364. The molecule has 0 saturated carbocycles. The van der Waals surface area contributed by atoms with Crippen molar-refractivity contribution in [3.63, 3.8) is 0 Å². The zero-order valence-electron chi connectivity index (χ0n) is 8.66. The smallest absolute Gasteiger partial charge is 0.120 e. The highest BCUT2D eigenvalue weighted by Gasteiger charge is 2.10. The van der Waals surface area contributed by atoms with E-state index >= 15 is 0 Å². The first-order valence-electron chi connectivity index (χ1n) is 4.84. The summed E-state index contributed by atoms with van der Waals surface area (Å²) in [6.07, 6.45) is 0.376. The molecule has 3 nitrogen and oxygen atoms in total. The third kappa shape index (κ3) is 3.53. The summed E-state index contributed by atoms with van der Waals surface area (Å²) >= 11 is 5.97. The van der Waals surface area contributed by atoms with Gasteiger partial charge in [-0.05, 0) is 18.1 Å². The van der Waals surface area contributed by atoms with Gasteiger partial charge in [-0.25, -0.2) is 0 Å². The number of rotatable bonds is 5. The van der Waals surface area contributed by atoms with Gasteiger partial charge in [0.25, 0.3) is 0 Å². The van der Waals surface area contributed by atoms with Gasteiger partial charge < -0.3 is 10.5 Å². The molecule has 0 spiro atoms. The molecule has 0 aliphatic heterocycles. The number of hydrogen-bond donors (Lipinski definition) is 2. The fourth-order valence-corrected chi connectivity index (χ4v) is 1.42. The van der Waals surface area contributed by atoms with Gasteiger partial charge in [-0.1, -0.05) is 36.7 Å². The maximum atomic E-state index is 7.29. The zero-order valence-corrected chi connectivity index (χ0v) is 9.42. The van der Waals surface area contributed by atoms with Crippen molar-refractivity contribution in [3.05, 3.63) is 34.9 Å². The molecule has 1 atom stereocenters. The lowest BCUT2D eigenvalue weighted by Crippen LogP contribution is -2.29. The topological polar surface area (TPSA) is 59.1 Å². The second-order valence-electron chi connectivity index (χ2n) is 3.25. The van der Waals surface area contributed by atoms with Gasteiger partial charge in [0.05, 0.1) is 6.61 Å². The molecule has 82 valence electrons. The van der Waals surface area contributed by atoms with Crippen molar-refractivity contribution < 1.29 is 4.74 Å². The van der Waals surface area contributed by atoms with Crippen LogP contribution in [0.1, 0.15) is 18.9 Å². The van der Waals surface area contributed by atoms with E-state index in [1.54, 1.807) is 0 Å². The highest BCUT2D eigenvalue weighted by Crippen LogP contribution is 2.16. The van der Waals surface area contributed by atoms with Gasteiger partial charge in [-0.3, -0.25) is 5.41 Å². The van der Waals surface area contributed by atoms with Crippen molar-refractivity contribution in [1.29, 1.82) is 5.41 Å². The molecule has 1 aromatic rings. The van der Waals surface area contributed by atoms with Crippen molar-refractivity contribution >= 4 is 17.4 Å². The molecule has 0 fully saturated rings. The van der Waals surface area contributed by atoms with Crippen LogP contribution in [0.2, 0.25) is 5.02 Å². The van der Waals surface area contributed by atoms with Crippen molar-refractivity contribution in [2.24, 2.45) is 5.73 Å². The fourth-order valence-electron chi connectivity index (χ4n) is 1.23. The van der Waals surface area contributed by atoms with E-state index < -0.39 is 0 Å². The molecule has 1 rings (SSSR count). The summed E-state index contributed by atoms with van der Waals surface area (Å²) in [6, 6.07) is 7.48. The van der Waals surface area contributed by atoms with Gasteiger partial charge in [0.2, 0.25) is 0 Å². The predicted molar refractivity (Wildman–Crippen MR) is 62.2 cm³/mol. The molecule has 0 aromatic heterocycles. The van der Waals surface area contributed by atoms with E-state index in [9.17, 15) is 0 Å². The molecular weight excluding hydrogens is 212 g/mol. The van der Waals surface area contributed by atoms with Crippen LogP contribution >= 0.6 is 11.6 Å². The lowest BCUT2D eigenvalue weighted by atomic mass is 10.2. The second kappa shape index (κ2) is 5.73. The lowest BCUT2D eigenvalue weighted by Gasteiger charge is -2.14. The molecule has 0 aliphatic rings. The normalized spacial score (nSPS) is 12.4. The predicted octanol–water partition coefficient (Wildman–Crippen LogP) is 2.57. The molecule has 0 bridgehead atoms. The summed E-state index contributed by atoms with van der Waals surface area (Å²) < 4.78 is 5.49. The minimum Gasteiger partial charge on any atom is -0.385 e. The van der Waals surface area contributed by atoms with E-state index in [1.165, 1.54) is 0 Å². The maximum absolute atomic E-state index is 7.29. The summed E-state index contributed by atoms with van der Waals surface area (Å²) in [4.78, 5) is 0. The molecule has 1 aromatic carbocycles. The van der Waals surface area contributed by atoms with Gasteiger partial charge in [0.1, 0.15) is 11.9 Å². The van der Waals surface area contributed by atoms with Crippen LogP contribution in [0.3, 0.4) is 0 Å². The quantitative estimate of drug-likeness (QED) is 0.599. The van der Waals surface area contributed by atoms with Crippen molar-refractivity contribution in [3.8, 4) is 0 Å². The Morgan fingerprint density at radius 2 is 2.20 bits per heavy atom.